The number of hydrogen-bond donors (Lipinski definition) is 1. The molecule has 1 nitrogen and oxygen atoms in total. The molecule has 16 heavy (non-hydrogen) atoms. The molecule has 0 fully saturated rings. The molecule has 1 N–H and O–H groups in total. The van der Waals surface area contributed by atoms with Crippen LogP contribution in [-0.4, -0.2) is 6.54 Å². The molecule has 1 aliphatic heterocycles. The Bertz CT molecular complexity index is 505. The van der Waals surface area contributed by atoms with E-state index in [1.165, 1.54) is 21.6 Å². The second-order valence-electron chi connectivity index (χ2n) is 3.96. The van der Waals surface area contributed by atoms with Crippen molar-refractivity contribution in [1.82, 2.24) is 5.32 Å². The zero-order valence-corrected chi connectivity index (χ0v) is 10.4. The Balaban J connectivity index is 2.19. The minimum Gasteiger partial charge on any atom is -0.312 e. The molecule has 0 unspecified atom stereocenters. The Kier molecular flexibility index (Phi) is 2.72. The van der Waals surface area contributed by atoms with Gasteiger partial charge in [-0.3, -0.25) is 0 Å². The molecule has 0 radical (unpaired) electrons. The van der Waals surface area contributed by atoms with Crippen LogP contribution in [0.3, 0.4) is 0 Å². The van der Waals surface area contributed by atoms with Crippen LogP contribution in [0.1, 0.15) is 11.1 Å². The van der Waals surface area contributed by atoms with E-state index < -0.39 is 0 Å². The maximum atomic E-state index is 6.24. The lowest BCUT2D eigenvalue weighted by atomic mass is 9.94. The highest BCUT2D eigenvalue weighted by atomic mass is 35.5. The average molecular weight is 250 g/mol. The molecule has 0 amide bonds. The molecule has 0 spiro atoms. The van der Waals surface area contributed by atoms with Crippen LogP contribution in [0.2, 0.25) is 5.02 Å². The van der Waals surface area contributed by atoms with Crippen LogP contribution in [0.25, 0.3) is 10.4 Å². The SMILES string of the molecule is Clc1ccc(-c2cccs2)c2c1CNCC2. The van der Waals surface area contributed by atoms with Crippen LogP contribution in [-0.2, 0) is 13.0 Å². The first-order valence-electron chi connectivity index (χ1n) is 5.41. The van der Waals surface area contributed by atoms with Gasteiger partial charge in [-0.15, -0.1) is 11.3 Å². The lowest BCUT2D eigenvalue weighted by Crippen LogP contribution is -2.24. The van der Waals surface area contributed by atoms with Crippen molar-refractivity contribution in [2.24, 2.45) is 0 Å². The smallest absolute Gasteiger partial charge is 0.0454 e. The summed E-state index contributed by atoms with van der Waals surface area (Å²) in [6, 6.07) is 8.44. The predicted molar refractivity (Wildman–Crippen MR) is 70.2 cm³/mol. The van der Waals surface area contributed by atoms with Crippen LogP contribution in [0, 0.1) is 0 Å². The molecule has 0 aliphatic carbocycles. The summed E-state index contributed by atoms with van der Waals surface area (Å²) in [5.41, 5.74) is 4.06. The van der Waals surface area contributed by atoms with E-state index in [2.05, 4.69) is 28.9 Å². The van der Waals surface area contributed by atoms with Gasteiger partial charge in [0.25, 0.3) is 0 Å². The molecule has 3 rings (SSSR count). The molecule has 0 bridgehead atoms. The van der Waals surface area contributed by atoms with Crippen molar-refractivity contribution in [2.75, 3.05) is 6.54 Å². The van der Waals surface area contributed by atoms with Crippen LogP contribution >= 0.6 is 22.9 Å². The molecule has 82 valence electrons. The third-order valence-corrected chi connectivity index (χ3v) is 4.27. The van der Waals surface area contributed by atoms with Gasteiger partial charge in [0.2, 0.25) is 0 Å². The van der Waals surface area contributed by atoms with Gasteiger partial charge >= 0.3 is 0 Å². The summed E-state index contributed by atoms with van der Waals surface area (Å²) in [6.07, 6.45) is 1.07. The van der Waals surface area contributed by atoms with Crippen molar-refractivity contribution in [3.8, 4) is 10.4 Å². The monoisotopic (exact) mass is 249 g/mol. The maximum absolute atomic E-state index is 6.24. The maximum Gasteiger partial charge on any atom is 0.0454 e. The number of rotatable bonds is 1. The van der Waals surface area contributed by atoms with Crippen molar-refractivity contribution >= 4 is 22.9 Å². The Morgan fingerprint density at radius 2 is 2.12 bits per heavy atom. The summed E-state index contributed by atoms with van der Waals surface area (Å²) in [6.45, 7) is 1.94. The molecule has 0 saturated heterocycles. The Labute approximate surface area is 104 Å². The molecule has 1 aromatic carbocycles. The normalized spacial score (nSPS) is 14.8. The van der Waals surface area contributed by atoms with Crippen molar-refractivity contribution in [3.63, 3.8) is 0 Å². The quantitative estimate of drug-likeness (QED) is 0.813. The molecule has 1 aliphatic rings. The van der Waals surface area contributed by atoms with Crippen LogP contribution in [0.5, 0.6) is 0 Å². The third-order valence-electron chi connectivity index (χ3n) is 3.01. The number of benzene rings is 1. The van der Waals surface area contributed by atoms with E-state index in [9.17, 15) is 0 Å². The van der Waals surface area contributed by atoms with Gasteiger partial charge in [0.05, 0.1) is 0 Å². The van der Waals surface area contributed by atoms with Gasteiger partial charge in [0.1, 0.15) is 0 Å². The van der Waals surface area contributed by atoms with Crippen LogP contribution in [0.4, 0.5) is 0 Å². The third kappa shape index (κ3) is 1.67. The second-order valence-corrected chi connectivity index (χ2v) is 5.31. The lowest BCUT2D eigenvalue weighted by Gasteiger charge is -2.21. The fourth-order valence-electron chi connectivity index (χ4n) is 2.23. The molecule has 0 atom stereocenters. The highest BCUT2D eigenvalue weighted by Gasteiger charge is 2.16. The van der Waals surface area contributed by atoms with Gasteiger partial charge in [-0.1, -0.05) is 23.7 Å². The van der Waals surface area contributed by atoms with E-state index in [1.807, 2.05) is 6.07 Å². The van der Waals surface area contributed by atoms with Gasteiger partial charge in [-0.2, -0.15) is 0 Å². The molecule has 3 heteroatoms. The van der Waals surface area contributed by atoms with E-state index in [0.29, 0.717) is 0 Å². The molecular formula is C13H12ClNS. The van der Waals surface area contributed by atoms with Gasteiger partial charge in [0, 0.05) is 16.4 Å². The summed E-state index contributed by atoms with van der Waals surface area (Å²) in [5.74, 6) is 0. The standard InChI is InChI=1S/C13H12ClNS/c14-12-4-3-10(13-2-1-7-16-13)9-5-6-15-8-11(9)12/h1-4,7,15H,5-6,8H2. The summed E-state index contributed by atoms with van der Waals surface area (Å²) >= 11 is 8.03. The predicted octanol–water partition coefficient (Wildman–Crippen LogP) is 3.71. The summed E-state index contributed by atoms with van der Waals surface area (Å²) < 4.78 is 0. The Morgan fingerprint density at radius 1 is 1.19 bits per heavy atom. The first-order valence-corrected chi connectivity index (χ1v) is 6.67. The second kappa shape index (κ2) is 4.21. The molecule has 2 heterocycles. The fraction of sp³-hybridized carbons (Fsp3) is 0.231. The van der Waals surface area contributed by atoms with Crippen molar-refractivity contribution < 1.29 is 0 Å². The van der Waals surface area contributed by atoms with Crippen molar-refractivity contribution in [1.29, 1.82) is 0 Å². The van der Waals surface area contributed by atoms with Crippen molar-refractivity contribution in [3.05, 3.63) is 45.8 Å². The highest BCUT2D eigenvalue weighted by molar-refractivity contribution is 7.13. The van der Waals surface area contributed by atoms with Gasteiger partial charge < -0.3 is 5.32 Å². The van der Waals surface area contributed by atoms with Crippen LogP contribution in [0.15, 0.2) is 29.6 Å². The lowest BCUT2D eigenvalue weighted by molar-refractivity contribution is 0.645. The fourth-order valence-corrected chi connectivity index (χ4v) is 3.25. The average Bonchev–Trinajstić information content (AvgIpc) is 2.83. The van der Waals surface area contributed by atoms with Gasteiger partial charge in [0.15, 0.2) is 0 Å². The molecular weight excluding hydrogens is 238 g/mol. The van der Waals surface area contributed by atoms with E-state index in [-0.39, 0.29) is 0 Å². The number of fused-ring (bicyclic) bond motifs is 1. The first kappa shape index (κ1) is 10.3. The minimum atomic E-state index is 0.891. The molecule has 2 aromatic rings. The zero-order chi connectivity index (χ0) is 11.0. The number of hydrogen-bond acceptors (Lipinski definition) is 2. The summed E-state index contributed by atoms with van der Waals surface area (Å²) in [7, 11) is 0. The van der Waals surface area contributed by atoms with Crippen LogP contribution < -0.4 is 5.32 Å². The van der Waals surface area contributed by atoms with Crippen molar-refractivity contribution in [2.45, 2.75) is 13.0 Å². The largest absolute Gasteiger partial charge is 0.312 e. The molecule has 1 aromatic heterocycles. The van der Waals surface area contributed by atoms with Gasteiger partial charge in [-0.25, -0.2) is 0 Å². The summed E-state index contributed by atoms with van der Waals surface area (Å²) in [4.78, 5) is 1.34. The van der Waals surface area contributed by atoms with E-state index in [4.69, 9.17) is 11.6 Å². The highest BCUT2D eigenvalue weighted by Crippen LogP contribution is 2.34. The van der Waals surface area contributed by atoms with E-state index in [1.54, 1.807) is 11.3 Å². The Morgan fingerprint density at radius 3 is 2.94 bits per heavy atom. The topological polar surface area (TPSA) is 12.0 Å². The summed E-state index contributed by atoms with van der Waals surface area (Å²) in [5, 5.41) is 6.39. The minimum absolute atomic E-state index is 0.891. The first-order chi connectivity index (χ1) is 7.86. The number of nitrogens with one attached hydrogen (secondary N) is 1. The zero-order valence-electron chi connectivity index (χ0n) is 8.79. The van der Waals surface area contributed by atoms with Gasteiger partial charge in [-0.05, 0) is 47.2 Å². The number of thiophene rings is 1. The molecule has 0 saturated carbocycles. The van der Waals surface area contributed by atoms with E-state index in [0.717, 1.165) is 24.5 Å². The Hall–Kier alpha value is -0.830. The van der Waals surface area contributed by atoms with E-state index >= 15 is 0 Å². The number of halogens is 1.